The Morgan fingerprint density at radius 3 is 0.826 bits per heavy atom. The van der Waals surface area contributed by atoms with Crippen LogP contribution in [-0.2, 0) is 0 Å². The first kappa shape index (κ1) is 33.0. The minimum atomic E-state index is 0.586. The van der Waals surface area contributed by atoms with E-state index in [2.05, 4.69) is 83.1 Å². The molecule has 0 nitrogen and oxygen atoms in total. The molecule has 0 amide bonds. The summed E-state index contributed by atoms with van der Waals surface area (Å²) in [6.07, 6.45) is 14.9. The zero-order chi connectivity index (χ0) is 33.0. The maximum atomic E-state index is 5.15. The normalized spacial score (nSPS) is 52.6. The number of rotatable bonds is 8. The molecule has 8 bridgehead atoms. The molecule has 0 aliphatic heterocycles. The van der Waals surface area contributed by atoms with Crippen molar-refractivity contribution in [1.82, 2.24) is 0 Å². The largest absolute Gasteiger partial charge is 0.151 e. The van der Waals surface area contributed by atoms with Crippen LogP contribution in [0, 0.1) is 92.7 Å². The van der Waals surface area contributed by atoms with E-state index in [1.807, 2.05) is 0 Å². The van der Waals surface area contributed by atoms with Crippen LogP contribution in [-0.4, -0.2) is 13.4 Å². The SMILES string of the molecule is C=C(CB([C@H]1C[C@@H]2C[C@H]([C@@H]1C)C2(C)C)[C@H]1C[C@@H]2C[C@H]([C@@H]1C)C2(C)C)CB([C@H]1C[C@@H]2C[C@H]([C@@H]1C)C2(C)C)[C@H]1C[C@@H]2C[C@H]([C@@H]1C)C2(C)C. The zero-order valence-corrected chi connectivity index (χ0v) is 32.7. The van der Waals surface area contributed by atoms with Gasteiger partial charge in [0, 0.05) is 0 Å². The molecule has 12 aliphatic carbocycles. The molecule has 0 heterocycles. The van der Waals surface area contributed by atoms with Crippen molar-refractivity contribution < 1.29 is 0 Å². The van der Waals surface area contributed by atoms with E-state index in [1.54, 1.807) is 5.57 Å². The van der Waals surface area contributed by atoms with Crippen LogP contribution >= 0.6 is 0 Å². The highest BCUT2D eigenvalue weighted by molar-refractivity contribution is 6.65. The second kappa shape index (κ2) is 10.5. The molecule has 0 spiro atoms. The Morgan fingerprint density at radius 2 is 0.652 bits per heavy atom. The van der Waals surface area contributed by atoms with Gasteiger partial charge >= 0.3 is 0 Å². The maximum Gasteiger partial charge on any atom is 0.151 e. The number of hydrogen-bond donors (Lipinski definition) is 0. The van der Waals surface area contributed by atoms with Crippen molar-refractivity contribution in [3.8, 4) is 0 Å². The smallest absolute Gasteiger partial charge is 0.101 e. The molecule has 0 aromatic rings. The first-order chi connectivity index (χ1) is 21.4. The Labute approximate surface area is 287 Å². The molecule has 12 rings (SSSR count). The fourth-order valence-electron chi connectivity index (χ4n) is 17.0. The van der Waals surface area contributed by atoms with E-state index in [4.69, 9.17) is 6.58 Å². The second-order valence-corrected chi connectivity index (χ2v) is 23.0. The Bertz CT molecular complexity index is 1050. The maximum absolute atomic E-state index is 5.15. The van der Waals surface area contributed by atoms with Gasteiger partial charge in [0.2, 0.25) is 0 Å². The topological polar surface area (TPSA) is 0 Å². The van der Waals surface area contributed by atoms with Crippen LogP contribution in [0.15, 0.2) is 12.2 Å². The molecule has 16 atom stereocenters. The van der Waals surface area contributed by atoms with E-state index >= 15 is 0 Å². The predicted molar refractivity (Wildman–Crippen MR) is 202 cm³/mol. The molecule has 2 heteroatoms. The molecule has 0 saturated heterocycles. The van der Waals surface area contributed by atoms with Crippen LogP contribution < -0.4 is 0 Å². The highest BCUT2D eigenvalue weighted by Gasteiger charge is 2.64. The minimum absolute atomic E-state index is 0.586. The van der Waals surface area contributed by atoms with Crippen molar-refractivity contribution >= 4 is 13.4 Å². The molecule has 0 radical (unpaired) electrons. The van der Waals surface area contributed by atoms with Crippen molar-refractivity contribution in [2.45, 2.75) is 170 Å². The average molecular weight is 625 g/mol. The van der Waals surface area contributed by atoms with Crippen LogP contribution in [0.5, 0.6) is 0 Å². The van der Waals surface area contributed by atoms with Gasteiger partial charge in [0.15, 0.2) is 13.4 Å². The van der Waals surface area contributed by atoms with Gasteiger partial charge in [0.25, 0.3) is 0 Å². The number of allylic oxidation sites excluding steroid dienone is 1. The van der Waals surface area contributed by atoms with Crippen LogP contribution in [0.25, 0.3) is 0 Å². The Balaban J connectivity index is 1.06. The molecule has 256 valence electrons. The lowest BCUT2D eigenvalue weighted by atomic mass is 9.18. The highest BCUT2D eigenvalue weighted by atomic mass is 14.6. The summed E-state index contributed by atoms with van der Waals surface area (Å²) in [4.78, 5) is 0. The summed E-state index contributed by atoms with van der Waals surface area (Å²) in [5, 5.41) is 0. The highest BCUT2D eigenvalue weighted by Crippen LogP contribution is 2.72. The van der Waals surface area contributed by atoms with Crippen molar-refractivity contribution in [2.75, 3.05) is 0 Å². The Hall–Kier alpha value is -0.130. The van der Waals surface area contributed by atoms with Crippen LogP contribution in [0.3, 0.4) is 0 Å². The fraction of sp³-hybridized carbons (Fsp3) is 0.955. The molecular weight excluding hydrogens is 550 g/mol. The van der Waals surface area contributed by atoms with Gasteiger partial charge in [-0.2, -0.15) is 0 Å². The van der Waals surface area contributed by atoms with Gasteiger partial charge in [0.05, 0.1) is 0 Å². The van der Waals surface area contributed by atoms with Crippen LogP contribution in [0.2, 0.25) is 35.9 Å². The van der Waals surface area contributed by atoms with E-state index in [0.29, 0.717) is 21.7 Å². The van der Waals surface area contributed by atoms with Crippen molar-refractivity contribution in [2.24, 2.45) is 92.7 Å². The average Bonchev–Trinajstić information content (AvgIpc) is 2.98. The van der Waals surface area contributed by atoms with Crippen molar-refractivity contribution in [3.05, 3.63) is 12.2 Å². The molecule has 0 aromatic heterocycles. The first-order valence-electron chi connectivity index (χ1n) is 21.0. The van der Waals surface area contributed by atoms with Crippen LogP contribution in [0.1, 0.15) is 134 Å². The molecule has 0 unspecified atom stereocenters. The minimum Gasteiger partial charge on any atom is -0.101 e. The predicted octanol–water partition coefficient (Wildman–Crippen LogP) is 12.8. The molecule has 0 aromatic carbocycles. The van der Waals surface area contributed by atoms with E-state index < -0.39 is 0 Å². The number of hydrogen-bond acceptors (Lipinski definition) is 0. The van der Waals surface area contributed by atoms with Crippen LogP contribution in [0.4, 0.5) is 0 Å². The summed E-state index contributed by atoms with van der Waals surface area (Å²) in [6.45, 7) is 38.7. The van der Waals surface area contributed by atoms with E-state index in [1.165, 1.54) is 64.0 Å². The van der Waals surface area contributed by atoms with Gasteiger partial charge in [0.1, 0.15) is 0 Å². The molecule has 12 fully saturated rings. The zero-order valence-electron chi connectivity index (χ0n) is 32.7. The van der Waals surface area contributed by atoms with Crippen molar-refractivity contribution in [1.29, 1.82) is 0 Å². The lowest BCUT2D eigenvalue weighted by molar-refractivity contribution is -0.107. The van der Waals surface area contributed by atoms with Gasteiger partial charge < -0.3 is 0 Å². The van der Waals surface area contributed by atoms with Gasteiger partial charge in [-0.1, -0.05) is 150 Å². The third-order valence-corrected chi connectivity index (χ3v) is 20.9. The summed E-state index contributed by atoms with van der Waals surface area (Å²) in [7, 11) is 0. The first-order valence-corrected chi connectivity index (χ1v) is 21.0. The lowest BCUT2D eigenvalue weighted by Gasteiger charge is -2.67. The molecular formula is C44H74B2. The third kappa shape index (κ3) is 4.37. The number of fused-ring (bicyclic) bond motifs is 8. The lowest BCUT2D eigenvalue weighted by Crippen LogP contribution is -2.60. The molecule has 12 aliphatic rings. The van der Waals surface area contributed by atoms with E-state index in [-0.39, 0.29) is 0 Å². The molecule has 0 N–H and O–H groups in total. The fourth-order valence-corrected chi connectivity index (χ4v) is 17.0. The Kier molecular flexibility index (Phi) is 7.51. The van der Waals surface area contributed by atoms with E-state index in [9.17, 15) is 0 Å². The summed E-state index contributed by atoms with van der Waals surface area (Å²) in [5.74, 6) is 15.1. The van der Waals surface area contributed by atoms with Gasteiger partial charge in [-0.15, -0.1) is 6.58 Å². The van der Waals surface area contributed by atoms with Crippen molar-refractivity contribution in [3.63, 3.8) is 0 Å². The van der Waals surface area contributed by atoms with Gasteiger partial charge in [-0.05, 0) is 118 Å². The summed E-state index contributed by atoms with van der Waals surface area (Å²) in [5.41, 5.74) is 4.04. The van der Waals surface area contributed by atoms with Gasteiger partial charge in [-0.25, -0.2) is 0 Å². The quantitative estimate of drug-likeness (QED) is 0.186. The molecule has 12 saturated carbocycles. The standard InChI is InChI=1S/C44H74B2/c1-24(22-45(37-18-29-14-33(25(37)2)41(29,6)7)38-19-30-15-34(26(38)3)42(30,8)9)23-46(39-20-31-16-35(27(39)4)43(31,10)11)40-21-32-17-36(28(40)5)44(32,12)13/h25-40H,1,14-23H2,2-13H3/t25-,26-,27-,28-,29-,30-,31-,32-,33+,34+,35+,36+,37-,38-,39-,40-/m0/s1. The summed E-state index contributed by atoms with van der Waals surface area (Å²) in [6, 6.07) is 0. The second-order valence-electron chi connectivity index (χ2n) is 23.0. The van der Waals surface area contributed by atoms with E-state index in [0.717, 1.165) is 108 Å². The third-order valence-electron chi connectivity index (χ3n) is 20.9. The summed E-state index contributed by atoms with van der Waals surface area (Å²) < 4.78 is 0. The summed E-state index contributed by atoms with van der Waals surface area (Å²) >= 11 is 0. The molecule has 46 heavy (non-hydrogen) atoms. The Morgan fingerprint density at radius 1 is 0.435 bits per heavy atom. The monoisotopic (exact) mass is 625 g/mol. The van der Waals surface area contributed by atoms with Gasteiger partial charge in [-0.3, -0.25) is 0 Å².